The zero-order chi connectivity index (χ0) is 24.6. The van der Waals surface area contributed by atoms with Gasteiger partial charge in [0.1, 0.15) is 13.1 Å². The monoisotopic (exact) mass is 556 g/mol. The number of aromatic nitrogens is 1. The van der Waals surface area contributed by atoms with Gasteiger partial charge < -0.3 is 35.7 Å². The fourth-order valence-corrected chi connectivity index (χ4v) is 5.23. The highest BCUT2D eigenvalue weighted by atomic mass is 79.9. The first kappa shape index (κ1) is 28.6. The van der Waals surface area contributed by atoms with E-state index in [1.54, 1.807) is 6.20 Å². The Balaban J connectivity index is 0.00000361. The van der Waals surface area contributed by atoms with E-state index in [2.05, 4.69) is 43.3 Å². The first-order valence-electron chi connectivity index (χ1n) is 13.1. The minimum atomic E-state index is -1.19. The molecule has 36 heavy (non-hydrogen) atoms. The highest BCUT2D eigenvalue weighted by Crippen LogP contribution is 2.43. The molecule has 1 heterocycles. The average Bonchev–Trinajstić information content (AvgIpc) is 3.15. The predicted molar refractivity (Wildman–Crippen MR) is 139 cm³/mol. The van der Waals surface area contributed by atoms with E-state index in [9.17, 15) is 5.11 Å². The lowest BCUT2D eigenvalue weighted by Gasteiger charge is -2.34. The summed E-state index contributed by atoms with van der Waals surface area (Å²) in [7, 11) is 4.36. The molecule has 2 aromatic carbocycles. The van der Waals surface area contributed by atoms with Crippen LogP contribution in [0.15, 0.2) is 71.3 Å². The summed E-state index contributed by atoms with van der Waals surface area (Å²) in [6, 6.07) is 20.4. The summed E-state index contributed by atoms with van der Waals surface area (Å²) >= 11 is 0. The van der Waals surface area contributed by atoms with E-state index in [4.69, 9.17) is 9.15 Å². The maximum absolute atomic E-state index is 12.1. The first-order valence-corrected chi connectivity index (χ1v) is 13.1. The quantitative estimate of drug-likeness (QED) is 0.224. The van der Waals surface area contributed by atoms with Gasteiger partial charge in [-0.25, -0.2) is 4.98 Å². The molecular weight excluding hydrogens is 516 g/mol. The average molecular weight is 558 g/mol. The summed E-state index contributed by atoms with van der Waals surface area (Å²) < 4.78 is 12.9. The molecule has 6 heteroatoms. The molecule has 0 saturated heterocycles. The van der Waals surface area contributed by atoms with Crippen LogP contribution in [0, 0.1) is 5.92 Å². The number of benzene rings is 2. The standard InChI is InChI=1S/C30H41N2O3.BrH/c1-32(2,20-22-34-21-19-25-13-7-5-8-14-25)24-28-23-31-29(35-28)30(33,27-17-11-6-12-18-27)26-15-9-3-4-10-16-26;/h5-8,11-14,17-18,23,26,33H,3-4,9-10,15-16,19-22,24H2,1-2H3;1H/q+1;/p-1. The topological polar surface area (TPSA) is 55.5 Å². The van der Waals surface area contributed by atoms with Crippen molar-refractivity contribution in [2.45, 2.75) is 57.1 Å². The highest BCUT2D eigenvalue weighted by molar-refractivity contribution is 5.30. The van der Waals surface area contributed by atoms with Crippen LogP contribution in [0.5, 0.6) is 0 Å². The Morgan fingerprint density at radius 2 is 1.58 bits per heavy atom. The molecule has 0 aliphatic heterocycles. The van der Waals surface area contributed by atoms with Gasteiger partial charge >= 0.3 is 0 Å². The maximum Gasteiger partial charge on any atom is 0.231 e. The summed E-state index contributed by atoms with van der Waals surface area (Å²) in [4.78, 5) is 4.64. The molecule has 1 unspecified atom stereocenters. The smallest absolute Gasteiger partial charge is 0.231 e. The number of halogens is 1. The van der Waals surface area contributed by atoms with E-state index in [0.717, 1.165) is 61.1 Å². The number of quaternary nitrogens is 1. The van der Waals surface area contributed by atoms with Crippen LogP contribution in [0.2, 0.25) is 0 Å². The summed E-state index contributed by atoms with van der Waals surface area (Å²) in [5.74, 6) is 1.35. The molecule has 1 N–H and O–H groups in total. The number of ether oxygens (including phenoxy) is 1. The second-order valence-corrected chi connectivity index (χ2v) is 10.6. The lowest BCUT2D eigenvalue weighted by Crippen LogP contribution is -3.00. The van der Waals surface area contributed by atoms with Crippen LogP contribution < -0.4 is 17.0 Å². The van der Waals surface area contributed by atoms with Crippen LogP contribution in [0.4, 0.5) is 0 Å². The van der Waals surface area contributed by atoms with Crippen LogP contribution in [0.25, 0.3) is 0 Å². The van der Waals surface area contributed by atoms with Crippen molar-refractivity contribution < 1.29 is 35.7 Å². The van der Waals surface area contributed by atoms with Crippen molar-refractivity contribution in [3.63, 3.8) is 0 Å². The third-order valence-electron chi connectivity index (χ3n) is 7.34. The van der Waals surface area contributed by atoms with E-state index in [-0.39, 0.29) is 22.9 Å². The Labute approximate surface area is 226 Å². The number of nitrogens with zero attached hydrogens (tertiary/aromatic N) is 2. The van der Waals surface area contributed by atoms with Gasteiger partial charge in [-0.3, -0.25) is 0 Å². The van der Waals surface area contributed by atoms with Gasteiger partial charge in [0.25, 0.3) is 0 Å². The van der Waals surface area contributed by atoms with E-state index in [0.29, 0.717) is 19.0 Å². The molecule has 1 aliphatic rings. The van der Waals surface area contributed by atoms with Crippen molar-refractivity contribution in [1.29, 1.82) is 0 Å². The molecule has 0 amide bonds. The second kappa shape index (κ2) is 13.5. The lowest BCUT2D eigenvalue weighted by atomic mass is 9.77. The van der Waals surface area contributed by atoms with Crippen molar-refractivity contribution in [2.24, 2.45) is 5.92 Å². The number of likely N-dealkylation sites (N-methyl/N-ethyl adjacent to an activating group) is 1. The van der Waals surface area contributed by atoms with Crippen LogP contribution >= 0.6 is 0 Å². The zero-order valence-electron chi connectivity index (χ0n) is 21.7. The molecule has 4 rings (SSSR count). The fourth-order valence-electron chi connectivity index (χ4n) is 5.23. The van der Waals surface area contributed by atoms with Crippen LogP contribution in [0.1, 0.15) is 61.3 Å². The molecule has 1 atom stereocenters. The van der Waals surface area contributed by atoms with Gasteiger partial charge in [-0.2, -0.15) is 0 Å². The summed E-state index contributed by atoms with van der Waals surface area (Å²) in [6.07, 6.45) is 9.46. The molecule has 1 fully saturated rings. The minimum absolute atomic E-state index is 0. The number of aliphatic hydroxyl groups is 1. The molecule has 196 valence electrons. The first-order chi connectivity index (χ1) is 17.0. The van der Waals surface area contributed by atoms with E-state index in [1.165, 1.54) is 18.4 Å². The molecule has 3 aromatic rings. The summed E-state index contributed by atoms with van der Waals surface area (Å²) in [5, 5.41) is 12.1. The predicted octanol–water partition coefficient (Wildman–Crippen LogP) is 2.72. The van der Waals surface area contributed by atoms with Crippen molar-refractivity contribution in [2.75, 3.05) is 33.9 Å². The fraction of sp³-hybridized carbons (Fsp3) is 0.500. The van der Waals surface area contributed by atoms with Crippen LogP contribution in [0.3, 0.4) is 0 Å². The minimum Gasteiger partial charge on any atom is -1.00 e. The van der Waals surface area contributed by atoms with Gasteiger partial charge in [0.15, 0.2) is 11.4 Å². The largest absolute Gasteiger partial charge is 1.00 e. The Bertz CT molecular complexity index is 1020. The van der Waals surface area contributed by atoms with Gasteiger partial charge in [-0.1, -0.05) is 86.3 Å². The number of hydrogen-bond donors (Lipinski definition) is 1. The van der Waals surface area contributed by atoms with Gasteiger partial charge in [0.2, 0.25) is 5.89 Å². The Hall–Kier alpha value is -1.99. The number of rotatable bonds is 11. The highest BCUT2D eigenvalue weighted by Gasteiger charge is 2.44. The maximum atomic E-state index is 12.1. The van der Waals surface area contributed by atoms with Crippen LogP contribution in [-0.4, -0.2) is 48.4 Å². The molecule has 5 nitrogen and oxygen atoms in total. The van der Waals surface area contributed by atoms with Crippen molar-refractivity contribution in [3.05, 3.63) is 89.6 Å². The Morgan fingerprint density at radius 1 is 0.944 bits per heavy atom. The molecule has 1 aromatic heterocycles. The Morgan fingerprint density at radius 3 is 2.25 bits per heavy atom. The normalized spacial score (nSPS) is 16.6. The lowest BCUT2D eigenvalue weighted by molar-refractivity contribution is -0.904. The SMILES string of the molecule is C[N+](C)(CCOCCc1ccccc1)Cc1cnc(C(O)(c2ccccc2)C2CCCCCC2)o1.[Br-]. The van der Waals surface area contributed by atoms with Crippen LogP contribution in [-0.2, 0) is 23.3 Å². The van der Waals surface area contributed by atoms with Gasteiger partial charge in [-0.05, 0) is 30.4 Å². The Kier molecular flexibility index (Phi) is 10.7. The molecule has 0 bridgehead atoms. The van der Waals surface area contributed by atoms with E-state index >= 15 is 0 Å². The number of oxazole rings is 1. The van der Waals surface area contributed by atoms with E-state index in [1.807, 2.05) is 36.4 Å². The van der Waals surface area contributed by atoms with Gasteiger partial charge in [0.05, 0.1) is 33.5 Å². The van der Waals surface area contributed by atoms with Crippen molar-refractivity contribution in [1.82, 2.24) is 4.98 Å². The summed E-state index contributed by atoms with van der Waals surface area (Å²) in [5.41, 5.74) is 0.984. The van der Waals surface area contributed by atoms with Crippen molar-refractivity contribution in [3.8, 4) is 0 Å². The molecular formula is C30H41BrN2O3. The van der Waals surface area contributed by atoms with Gasteiger partial charge in [0, 0.05) is 5.92 Å². The van der Waals surface area contributed by atoms with Crippen molar-refractivity contribution >= 4 is 0 Å². The number of hydrogen-bond acceptors (Lipinski definition) is 4. The third kappa shape index (κ3) is 7.51. The van der Waals surface area contributed by atoms with Gasteiger partial charge in [-0.15, -0.1) is 0 Å². The second-order valence-electron chi connectivity index (χ2n) is 10.6. The molecule has 0 radical (unpaired) electrons. The zero-order valence-corrected chi connectivity index (χ0v) is 23.3. The molecule has 0 spiro atoms. The molecule has 1 aliphatic carbocycles. The third-order valence-corrected chi connectivity index (χ3v) is 7.34. The molecule has 1 saturated carbocycles. The van der Waals surface area contributed by atoms with E-state index < -0.39 is 5.60 Å². The summed E-state index contributed by atoms with van der Waals surface area (Å²) in [6.45, 7) is 2.99.